The Hall–Kier alpha value is -3.07. The highest BCUT2D eigenvalue weighted by atomic mass is 16.8. The van der Waals surface area contributed by atoms with Gasteiger partial charge >= 0.3 is 12.1 Å². The minimum absolute atomic E-state index is 0.0169. The van der Waals surface area contributed by atoms with Crippen molar-refractivity contribution in [2.75, 3.05) is 41.6 Å². The molecule has 9 heteroatoms. The van der Waals surface area contributed by atoms with E-state index in [1.807, 2.05) is 21.1 Å². The van der Waals surface area contributed by atoms with E-state index in [9.17, 15) is 14.4 Å². The van der Waals surface area contributed by atoms with Gasteiger partial charge in [-0.15, -0.1) is 0 Å². The van der Waals surface area contributed by atoms with Gasteiger partial charge < -0.3 is 28.7 Å². The Balaban J connectivity index is 2.40. The van der Waals surface area contributed by atoms with Gasteiger partial charge in [0.05, 0.1) is 41.2 Å². The molecule has 0 aliphatic carbocycles. The van der Waals surface area contributed by atoms with Crippen LogP contribution in [0.2, 0.25) is 0 Å². The van der Waals surface area contributed by atoms with E-state index in [2.05, 4.69) is 31.3 Å². The SMILES string of the molecule is COc1cc(CNC(=O)CCCC/C=C/C(C)C)ccc1OC(=O)OCOC(=O)CC[N+](C)(C)C. The molecular formula is C26H41N2O7+. The third-order valence-electron chi connectivity index (χ3n) is 4.84. The van der Waals surface area contributed by atoms with Gasteiger partial charge in [0.2, 0.25) is 12.7 Å². The summed E-state index contributed by atoms with van der Waals surface area (Å²) < 4.78 is 20.7. The van der Waals surface area contributed by atoms with Gasteiger partial charge in [-0.1, -0.05) is 32.1 Å². The summed E-state index contributed by atoms with van der Waals surface area (Å²) in [5.74, 6) is 0.531. The summed E-state index contributed by atoms with van der Waals surface area (Å²) in [6.45, 7) is 4.67. The molecule has 196 valence electrons. The van der Waals surface area contributed by atoms with Crippen molar-refractivity contribution in [3.8, 4) is 11.5 Å². The van der Waals surface area contributed by atoms with Gasteiger partial charge in [0, 0.05) is 13.0 Å². The maximum atomic E-state index is 12.1. The minimum atomic E-state index is -1.02. The summed E-state index contributed by atoms with van der Waals surface area (Å²) in [6, 6.07) is 4.94. The number of hydrogen-bond acceptors (Lipinski definition) is 7. The van der Waals surface area contributed by atoms with E-state index >= 15 is 0 Å². The third-order valence-corrected chi connectivity index (χ3v) is 4.84. The molecule has 0 saturated heterocycles. The van der Waals surface area contributed by atoms with Crippen LogP contribution in [0.15, 0.2) is 30.4 Å². The molecule has 0 aliphatic heterocycles. The van der Waals surface area contributed by atoms with Crippen LogP contribution in [0.3, 0.4) is 0 Å². The zero-order valence-electron chi connectivity index (χ0n) is 21.9. The molecule has 1 N–H and O–H groups in total. The first-order valence-corrected chi connectivity index (χ1v) is 11.9. The number of allylic oxidation sites excluding steroid dienone is 2. The topological polar surface area (TPSA) is 100 Å². The van der Waals surface area contributed by atoms with Gasteiger partial charge in [0.15, 0.2) is 11.5 Å². The summed E-state index contributed by atoms with van der Waals surface area (Å²) in [6.07, 6.45) is 6.78. The summed E-state index contributed by atoms with van der Waals surface area (Å²) in [7, 11) is 7.33. The van der Waals surface area contributed by atoms with Gasteiger partial charge in [-0.3, -0.25) is 9.59 Å². The molecule has 0 fully saturated rings. The van der Waals surface area contributed by atoms with Crippen molar-refractivity contribution in [2.45, 2.75) is 52.5 Å². The van der Waals surface area contributed by atoms with Crippen molar-refractivity contribution in [1.29, 1.82) is 0 Å². The highest BCUT2D eigenvalue weighted by molar-refractivity contribution is 5.75. The summed E-state index contributed by atoms with van der Waals surface area (Å²) >= 11 is 0. The van der Waals surface area contributed by atoms with Crippen molar-refractivity contribution < 1.29 is 37.8 Å². The third kappa shape index (κ3) is 14.7. The maximum Gasteiger partial charge on any atom is 0.516 e. The predicted molar refractivity (Wildman–Crippen MR) is 133 cm³/mol. The van der Waals surface area contributed by atoms with Crippen LogP contribution in [-0.2, 0) is 25.6 Å². The number of nitrogens with one attached hydrogen (secondary N) is 1. The molecule has 1 rings (SSSR count). The van der Waals surface area contributed by atoms with Gasteiger partial charge in [0.1, 0.15) is 0 Å². The van der Waals surface area contributed by atoms with Crippen molar-refractivity contribution in [2.24, 2.45) is 5.92 Å². The second-order valence-electron chi connectivity index (χ2n) is 9.57. The van der Waals surface area contributed by atoms with Crippen molar-refractivity contribution >= 4 is 18.0 Å². The summed E-state index contributed by atoms with van der Waals surface area (Å²) in [5.41, 5.74) is 0.793. The lowest BCUT2D eigenvalue weighted by atomic mass is 10.1. The Kier molecular flexibility index (Phi) is 13.5. The zero-order chi connectivity index (χ0) is 26.3. The Morgan fingerprint density at radius 1 is 1.03 bits per heavy atom. The number of methoxy groups -OCH3 is 1. The highest BCUT2D eigenvalue weighted by Gasteiger charge is 2.15. The average molecular weight is 494 g/mol. The second-order valence-corrected chi connectivity index (χ2v) is 9.57. The summed E-state index contributed by atoms with van der Waals surface area (Å²) in [4.78, 5) is 35.7. The quantitative estimate of drug-likeness (QED) is 0.0976. The Labute approximate surface area is 208 Å². The normalized spacial score (nSPS) is 11.4. The average Bonchev–Trinajstić information content (AvgIpc) is 2.78. The van der Waals surface area contributed by atoms with Crippen LogP contribution in [0.25, 0.3) is 0 Å². The highest BCUT2D eigenvalue weighted by Crippen LogP contribution is 2.28. The lowest BCUT2D eigenvalue weighted by Gasteiger charge is -2.22. The smallest absolute Gasteiger partial charge is 0.493 e. The first kappa shape index (κ1) is 30.0. The number of benzene rings is 1. The number of hydrogen-bond donors (Lipinski definition) is 1. The molecule has 0 spiro atoms. The fraction of sp³-hybridized carbons (Fsp3) is 0.577. The monoisotopic (exact) mass is 493 g/mol. The molecule has 0 aromatic heterocycles. The molecule has 0 saturated carbocycles. The number of ether oxygens (including phenoxy) is 4. The van der Waals surface area contributed by atoms with Crippen LogP contribution in [0, 0.1) is 5.92 Å². The Morgan fingerprint density at radius 3 is 2.43 bits per heavy atom. The first-order chi connectivity index (χ1) is 16.5. The number of nitrogens with zero attached hydrogens (tertiary/aromatic N) is 1. The number of unbranched alkanes of at least 4 members (excludes halogenated alkanes) is 2. The van der Waals surface area contributed by atoms with E-state index < -0.39 is 18.9 Å². The Morgan fingerprint density at radius 2 is 1.77 bits per heavy atom. The maximum absolute atomic E-state index is 12.1. The standard InChI is InChI=1S/C26H40N2O7/c1-20(2)11-9-7-8-10-12-24(29)27-18-21-13-14-22(23(17-21)32-6)35-26(31)34-19-33-25(30)15-16-28(3,4)5/h9,11,13-14,17,20H,7-8,10,12,15-16,18-19H2,1-6H3/p+1/b11-9+. The molecule has 9 nitrogen and oxygen atoms in total. The molecule has 35 heavy (non-hydrogen) atoms. The van der Waals surface area contributed by atoms with E-state index in [0.29, 0.717) is 35.7 Å². The largest absolute Gasteiger partial charge is 0.516 e. The number of amides is 1. The van der Waals surface area contributed by atoms with E-state index in [1.54, 1.807) is 18.2 Å². The molecule has 0 atom stereocenters. The van der Waals surface area contributed by atoms with Crippen molar-refractivity contribution in [3.05, 3.63) is 35.9 Å². The number of carbonyl (C=O) groups is 3. The van der Waals surface area contributed by atoms with Crippen LogP contribution in [0.4, 0.5) is 4.79 Å². The number of esters is 1. The number of quaternary nitrogens is 1. The Bertz CT molecular complexity index is 845. The fourth-order valence-corrected chi connectivity index (χ4v) is 2.87. The molecule has 1 aromatic rings. The van der Waals surface area contributed by atoms with Crippen LogP contribution in [0.1, 0.15) is 51.5 Å². The van der Waals surface area contributed by atoms with E-state index in [0.717, 1.165) is 24.8 Å². The molecule has 0 heterocycles. The van der Waals surface area contributed by atoms with Crippen molar-refractivity contribution in [3.63, 3.8) is 0 Å². The predicted octanol–water partition coefficient (Wildman–Crippen LogP) is 4.20. The van der Waals surface area contributed by atoms with Crippen LogP contribution in [0.5, 0.6) is 11.5 Å². The number of rotatable bonds is 15. The molecule has 0 bridgehead atoms. The number of carbonyl (C=O) groups excluding carboxylic acids is 3. The second kappa shape index (κ2) is 15.8. The molecule has 1 aromatic carbocycles. The van der Waals surface area contributed by atoms with Gasteiger partial charge in [-0.05, 0) is 42.9 Å². The molecular weight excluding hydrogens is 452 g/mol. The molecule has 1 amide bonds. The van der Waals surface area contributed by atoms with E-state index in [-0.39, 0.29) is 18.1 Å². The van der Waals surface area contributed by atoms with Crippen molar-refractivity contribution in [1.82, 2.24) is 5.32 Å². The van der Waals surface area contributed by atoms with Gasteiger partial charge in [-0.2, -0.15) is 0 Å². The molecule has 0 unspecified atom stereocenters. The zero-order valence-corrected chi connectivity index (χ0v) is 21.9. The molecule has 0 aliphatic rings. The lowest BCUT2D eigenvalue weighted by Crippen LogP contribution is -2.36. The lowest BCUT2D eigenvalue weighted by molar-refractivity contribution is -0.869. The van der Waals surface area contributed by atoms with Crippen LogP contribution < -0.4 is 14.8 Å². The van der Waals surface area contributed by atoms with Gasteiger partial charge in [0.25, 0.3) is 0 Å². The van der Waals surface area contributed by atoms with Crippen LogP contribution in [-0.4, -0.2) is 64.1 Å². The van der Waals surface area contributed by atoms with E-state index in [1.165, 1.54) is 7.11 Å². The minimum Gasteiger partial charge on any atom is -0.493 e. The fourth-order valence-electron chi connectivity index (χ4n) is 2.87. The van der Waals surface area contributed by atoms with Gasteiger partial charge in [-0.25, -0.2) is 4.79 Å². The van der Waals surface area contributed by atoms with E-state index in [4.69, 9.17) is 18.9 Å². The van der Waals surface area contributed by atoms with Crippen LogP contribution >= 0.6 is 0 Å². The first-order valence-electron chi connectivity index (χ1n) is 11.9. The molecule has 0 radical (unpaired) electrons. The summed E-state index contributed by atoms with van der Waals surface area (Å²) in [5, 5.41) is 2.88.